The smallest absolute Gasteiger partial charge is 0.229 e. The molecule has 2 N–H and O–H groups in total. The molecule has 3 aromatic rings. The third-order valence-corrected chi connectivity index (χ3v) is 7.15. The highest BCUT2D eigenvalue weighted by molar-refractivity contribution is 5.75. The molecule has 1 aromatic heterocycles. The maximum atomic E-state index is 4.94. The van der Waals surface area contributed by atoms with E-state index < -0.39 is 0 Å². The average molecular weight is 466 g/mol. The second kappa shape index (κ2) is 9.07. The normalized spacial score (nSPS) is 19.7. The molecule has 7 nitrogen and oxygen atoms in total. The molecular weight excluding hydrogens is 434 g/mol. The van der Waals surface area contributed by atoms with Crippen molar-refractivity contribution in [1.82, 2.24) is 14.9 Å². The van der Waals surface area contributed by atoms with E-state index in [0.29, 0.717) is 5.95 Å². The van der Waals surface area contributed by atoms with E-state index in [9.17, 15) is 0 Å². The molecule has 0 saturated carbocycles. The van der Waals surface area contributed by atoms with Gasteiger partial charge in [-0.15, -0.1) is 0 Å². The lowest BCUT2D eigenvalue weighted by atomic mass is 9.97. The zero-order valence-corrected chi connectivity index (χ0v) is 20.1. The van der Waals surface area contributed by atoms with Crippen molar-refractivity contribution in [3.8, 4) is 0 Å². The summed E-state index contributed by atoms with van der Waals surface area (Å²) in [5.41, 5.74) is 6.73. The van der Waals surface area contributed by atoms with Crippen LogP contribution in [0.5, 0.6) is 0 Å². The molecule has 0 radical (unpaired) electrons. The second-order valence-corrected chi connectivity index (χ2v) is 9.53. The van der Waals surface area contributed by atoms with Crippen LogP contribution < -0.4 is 20.4 Å². The van der Waals surface area contributed by atoms with Gasteiger partial charge in [0, 0.05) is 67.2 Å². The van der Waals surface area contributed by atoms with Crippen molar-refractivity contribution in [3.05, 3.63) is 84.2 Å². The van der Waals surface area contributed by atoms with E-state index in [-0.39, 0.29) is 6.04 Å². The lowest BCUT2D eigenvalue weighted by Crippen LogP contribution is -2.44. The molecule has 3 aliphatic heterocycles. The van der Waals surface area contributed by atoms with E-state index in [0.717, 1.165) is 61.9 Å². The van der Waals surface area contributed by atoms with Gasteiger partial charge in [-0.25, -0.2) is 4.98 Å². The number of piperazine rings is 1. The Hall–Kier alpha value is -3.84. The first kappa shape index (κ1) is 21.7. The van der Waals surface area contributed by atoms with Crippen LogP contribution in [-0.2, 0) is 6.42 Å². The van der Waals surface area contributed by atoms with Gasteiger partial charge in [-0.3, -0.25) is 0 Å². The fourth-order valence-electron chi connectivity index (χ4n) is 5.12. The van der Waals surface area contributed by atoms with Gasteiger partial charge < -0.3 is 25.3 Å². The quantitative estimate of drug-likeness (QED) is 0.594. The summed E-state index contributed by atoms with van der Waals surface area (Å²) in [4.78, 5) is 16.6. The van der Waals surface area contributed by atoms with Crippen LogP contribution in [-0.4, -0.2) is 60.7 Å². The number of anilines is 5. The van der Waals surface area contributed by atoms with Crippen LogP contribution in [0.25, 0.3) is 6.08 Å². The van der Waals surface area contributed by atoms with Crippen LogP contribution in [0.2, 0.25) is 0 Å². The number of rotatable bonds is 4. The van der Waals surface area contributed by atoms with E-state index in [1.807, 2.05) is 12.3 Å². The van der Waals surface area contributed by atoms with Crippen molar-refractivity contribution >= 4 is 34.9 Å². The highest BCUT2D eigenvalue weighted by Gasteiger charge is 2.29. The Morgan fingerprint density at radius 1 is 1.00 bits per heavy atom. The lowest BCUT2D eigenvalue weighted by molar-refractivity contribution is 0.313. The third-order valence-electron chi connectivity index (χ3n) is 7.15. The highest BCUT2D eigenvalue weighted by atomic mass is 15.3. The van der Waals surface area contributed by atoms with Gasteiger partial charge in [0.2, 0.25) is 5.95 Å². The first-order valence-electron chi connectivity index (χ1n) is 12.3. The fraction of sp³-hybridized carbons (Fsp3) is 0.286. The maximum Gasteiger partial charge on any atom is 0.229 e. The molecule has 1 atom stereocenters. The topological polar surface area (TPSA) is 59.6 Å². The lowest BCUT2D eigenvalue weighted by Gasteiger charge is -2.39. The van der Waals surface area contributed by atoms with Crippen molar-refractivity contribution in [3.63, 3.8) is 0 Å². The predicted molar refractivity (Wildman–Crippen MR) is 145 cm³/mol. The molecule has 35 heavy (non-hydrogen) atoms. The summed E-state index contributed by atoms with van der Waals surface area (Å²) in [6.07, 6.45) is 6.93. The number of benzene rings is 2. The summed E-state index contributed by atoms with van der Waals surface area (Å²) in [5, 5.41) is 6.98. The molecule has 4 heterocycles. The predicted octanol–water partition coefficient (Wildman–Crippen LogP) is 4.36. The van der Waals surface area contributed by atoms with Gasteiger partial charge in [0.25, 0.3) is 0 Å². The summed E-state index contributed by atoms with van der Waals surface area (Å²) in [6, 6.07) is 17.3. The van der Waals surface area contributed by atoms with Crippen LogP contribution in [0.4, 0.5) is 28.8 Å². The number of nitrogens with one attached hydrogen (secondary N) is 2. The Balaban J connectivity index is 1.21. The minimum Gasteiger partial charge on any atom is -0.383 e. The Bertz CT molecular complexity index is 1260. The number of fused-ring (bicyclic) bond motifs is 2. The zero-order valence-electron chi connectivity index (χ0n) is 20.1. The molecule has 2 aromatic carbocycles. The summed E-state index contributed by atoms with van der Waals surface area (Å²) < 4.78 is 0. The van der Waals surface area contributed by atoms with Gasteiger partial charge >= 0.3 is 0 Å². The molecule has 178 valence electrons. The highest BCUT2D eigenvalue weighted by Crippen LogP contribution is 2.34. The second-order valence-electron chi connectivity index (χ2n) is 9.53. The molecule has 0 amide bonds. The zero-order chi connectivity index (χ0) is 23.8. The van der Waals surface area contributed by atoms with Crippen LogP contribution in [0, 0.1) is 0 Å². The standard InChI is InChI=1S/C28H31N7/c1-20-7-8-22-18-30-28(31-23-9-11-24(12-10-23)34-15-13-33(2)14-16-34)32-27(22)35(20)25-17-21-5-3-4-6-26(21)29-19-25/h3-12,18,25,29H,1,13-17,19H2,2H3,(H,30,31,32). The molecule has 6 rings (SSSR count). The number of likely N-dealkylation sites (N-methyl/N-ethyl adjacent to an activating group) is 1. The Kier molecular flexibility index (Phi) is 5.62. The maximum absolute atomic E-state index is 4.94. The van der Waals surface area contributed by atoms with Gasteiger partial charge in [0.05, 0.1) is 6.04 Å². The van der Waals surface area contributed by atoms with Gasteiger partial charge in [-0.05, 0) is 61.5 Å². The van der Waals surface area contributed by atoms with Gasteiger partial charge in [-0.1, -0.05) is 24.8 Å². The van der Waals surface area contributed by atoms with Crippen LogP contribution in [0.3, 0.4) is 0 Å². The largest absolute Gasteiger partial charge is 0.383 e. The summed E-state index contributed by atoms with van der Waals surface area (Å²) in [5.74, 6) is 1.49. The van der Waals surface area contributed by atoms with Crippen LogP contribution in [0.15, 0.2) is 73.1 Å². The number of allylic oxidation sites excluding steroid dienone is 1. The minimum absolute atomic E-state index is 0.228. The first-order valence-corrected chi connectivity index (χ1v) is 12.3. The van der Waals surface area contributed by atoms with E-state index in [1.165, 1.54) is 16.9 Å². The van der Waals surface area contributed by atoms with E-state index >= 15 is 0 Å². The van der Waals surface area contributed by atoms with Crippen LogP contribution >= 0.6 is 0 Å². The number of hydrogen-bond donors (Lipinski definition) is 2. The molecular formula is C28H31N7. The van der Waals surface area contributed by atoms with Crippen molar-refractivity contribution < 1.29 is 0 Å². The fourth-order valence-corrected chi connectivity index (χ4v) is 5.12. The Morgan fingerprint density at radius 2 is 1.80 bits per heavy atom. The van der Waals surface area contributed by atoms with E-state index in [1.54, 1.807) is 0 Å². The summed E-state index contributed by atoms with van der Waals surface area (Å²) >= 11 is 0. The Morgan fingerprint density at radius 3 is 2.63 bits per heavy atom. The van der Waals surface area contributed by atoms with E-state index in [2.05, 4.69) is 98.6 Å². The molecule has 1 saturated heterocycles. The third kappa shape index (κ3) is 4.35. The molecule has 0 spiro atoms. The van der Waals surface area contributed by atoms with Gasteiger partial charge in [0.1, 0.15) is 5.82 Å². The van der Waals surface area contributed by atoms with E-state index in [4.69, 9.17) is 4.98 Å². The molecule has 1 unspecified atom stereocenters. The van der Waals surface area contributed by atoms with Gasteiger partial charge in [0.15, 0.2) is 0 Å². The number of nitrogens with zero attached hydrogens (tertiary/aromatic N) is 5. The molecule has 3 aliphatic rings. The number of aromatic nitrogens is 2. The van der Waals surface area contributed by atoms with Crippen molar-refractivity contribution in [1.29, 1.82) is 0 Å². The average Bonchev–Trinajstić information content (AvgIpc) is 2.89. The van der Waals surface area contributed by atoms with Crippen molar-refractivity contribution in [2.45, 2.75) is 12.5 Å². The van der Waals surface area contributed by atoms with Crippen molar-refractivity contribution in [2.75, 3.05) is 60.2 Å². The monoisotopic (exact) mass is 465 g/mol. The molecule has 7 heteroatoms. The number of para-hydroxylation sites is 1. The minimum atomic E-state index is 0.228. The summed E-state index contributed by atoms with van der Waals surface area (Å²) in [6.45, 7) is 9.48. The van der Waals surface area contributed by atoms with Gasteiger partial charge in [-0.2, -0.15) is 4.98 Å². The molecule has 0 bridgehead atoms. The first-order chi connectivity index (χ1) is 17.1. The molecule has 0 aliphatic carbocycles. The number of hydrogen-bond acceptors (Lipinski definition) is 7. The van der Waals surface area contributed by atoms with Crippen LogP contribution in [0.1, 0.15) is 11.1 Å². The SMILES string of the molecule is C=C1C=Cc2cnc(Nc3ccc(N4CCN(C)CC4)cc3)nc2N1C1CNc2ccccc2C1. The Labute approximate surface area is 206 Å². The molecule has 1 fully saturated rings. The van der Waals surface area contributed by atoms with Crippen molar-refractivity contribution in [2.24, 2.45) is 0 Å². The summed E-state index contributed by atoms with van der Waals surface area (Å²) in [7, 11) is 2.18.